The van der Waals surface area contributed by atoms with Crippen molar-refractivity contribution in [3.63, 3.8) is 0 Å². The third-order valence-electron chi connectivity index (χ3n) is 4.96. The number of aromatic nitrogens is 5. The van der Waals surface area contributed by atoms with E-state index in [0.29, 0.717) is 12.4 Å². The zero-order valence-electron chi connectivity index (χ0n) is 15.8. The van der Waals surface area contributed by atoms with E-state index in [1.807, 2.05) is 6.07 Å². The highest BCUT2D eigenvalue weighted by Gasteiger charge is 2.26. The second-order valence-electron chi connectivity index (χ2n) is 6.96. The van der Waals surface area contributed by atoms with E-state index in [-0.39, 0.29) is 11.9 Å². The van der Waals surface area contributed by atoms with Crippen LogP contribution in [0.25, 0.3) is 16.3 Å². The SMILES string of the molecule is COCc1cc(NC2CCCc3sc(-c4ccc(F)cc4)nc32)n2ncnc2n1. The number of methoxy groups -OCH3 is 1. The highest BCUT2D eigenvalue weighted by molar-refractivity contribution is 7.15. The van der Waals surface area contributed by atoms with E-state index in [4.69, 9.17) is 9.72 Å². The molecule has 3 aromatic heterocycles. The van der Waals surface area contributed by atoms with E-state index < -0.39 is 0 Å². The van der Waals surface area contributed by atoms with Crippen LogP contribution in [-0.2, 0) is 17.8 Å². The summed E-state index contributed by atoms with van der Waals surface area (Å²) in [7, 11) is 1.64. The molecule has 4 aromatic rings. The summed E-state index contributed by atoms with van der Waals surface area (Å²) in [6.45, 7) is 0.402. The molecule has 0 amide bonds. The quantitative estimate of drug-likeness (QED) is 0.535. The maximum absolute atomic E-state index is 13.3. The monoisotopic (exact) mass is 410 g/mol. The van der Waals surface area contributed by atoms with Crippen molar-refractivity contribution < 1.29 is 9.13 Å². The Bertz CT molecular complexity index is 1160. The number of aryl methyl sites for hydroxylation is 1. The van der Waals surface area contributed by atoms with E-state index in [0.717, 1.165) is 47.0 Å². The zero-order chi connectivity index (χ0) is 19.8. The molecule has 9 heteroatoms. The van der Waals surface area contributed by atoms with Crippen molar-refractivity contribution in [1.82, 2.24) is 24.6 Å². The molecule has 7 nitrogen and oxygen atoms in total. The Morgan fingerprint density at radius 3 is 2.97 bits per heavy atom. The minimum Gasteiger partial charge on any atom is -0.378 e. The molecule has 29 heavy (non-hydrogen) atoms. The van der Waals surface area contributed by atoms with Crippen LogP contribution < -0.4 is 5.32 Å². The first-order valence-corrected chi connectivity index (χ1v) is 10.2. The number of halogens is 1. The fraction of sp³-hybridized carbons (Fsp3) is 0.300. The van der Waals surface area contributed by atoms with Gasteiger partial charge in [-0.25, -0.2) is 14.4 Å². The average Bonchev–Trinajstić information content (AvgIpc) is 3.36. The Morgan fingerprint density at radius 2 is 2.14 bits per heavy atom. The summed E-state index contributed by atoms with van der Waals surface area (Å²) in [5.74, 6) is 1.10. The summed E-state index contributed by atoms with van der Waals surface area (Å²) in [5.41, 5.74) is 2.78. The number of fused-ring (bicyclic) bond motifs is 2. The summed E-state index contributed by atoms with van der Waals surface area (Å²) in [6.07, 6.45) is 4.55. The molecular formula is C20H19FN6OS. The molecule has 0 aliphatic heterocycles. The van der Waals surface area contributed by atoms with Crippen LogP contribution in [0.5, 0.6) is 0 Å². The molecule has 1 unspecified atom stereocenters. The molecule has 1 aromatic carbocycles. The van der Waals surface area contributed by atoms with Gasteiger partial charge in [-0.05, 0) is 43.5 Å². The van der Waals surface area contributed by atoms with Crippen LogP contribution in [0.2, 0.25) is 0 Å². The van der Waals surface area contributed by atoms with Gasteiger partial charge in [-0.1, -0.05) is 0 Å². The van der Waals surface area contributed by atoms with Gasteiger partial charge in [0.15, 0.2) is 0 Å². The van der Waals surface area contributed by atoms with Gasteiger partial charge in [-0.15, -0.1) is 11.3 Å². The van der Waals surface area contributed by atoms with Crippen LogP contribution in [0, 0.1) is 5.82 Å². The largest absolute Gasteiger partial charge is 0.378 e. The number of hydrogen-bond acceptors (Lipinski definition) is 7. The molecular weight excluding hydrogens is 391 g/mol. The maximum Gasteiger partial charge on any atom is 0.254 e. The van der Waals surface area contributed by atoms with Gasteiger partial charge in [0.05, 0.1) is 24.0 Å². The van der Waals surface area contributed by atoms with Gasteiger partial charge in [0.1, 0.15) is 23.0 Å². The average molecular weight is 410 g/mol. The van der Waals surface area contributed by atoms with Crippen molar-refractivity contribution in [2.24, 2.45) is 0 Å². The number of anilines is 1. The van der Waals surface area contributed by atoms with Crippen molar-refractivity contribution in [2.75, 3.05) is 12.4 Å². The summed E-state index contributed by atoms with van der Waals surface area (Å²) < 4.78 is 20.2. The number of rotatable bonds is 5. The van der Waals surface area contributed by atoms with E-state index in [9.17, 15) is 4.39 Å². The molecule has 1 atom stereocenters. The minimum atomic E-state index is -0.240. The van der Waals surface area contributed by atoms with Gasteiger partial charge >= 0.3 is 0 Å². The Kier molecular flexibility index (Phi) is 4.69. The van der Waals surface area contributed by atoms with Gasteiger partial charge < -0.3 is 10.1 Å². The lowest BCUT2D eigenvalue weighted by Gasteiger charge is -2.23. The van der Waals surface area contributed by atoms with E-state index >= 15 is 0 Å². The molecule has 1 N–H and O–H groups in total. The number of ether oxygens (including phenoxy) is 1. The lowest BCUT2D eigenvalue weighted by Crippen LogP contribution is -2.19. The fourth-order valence-corrected chi connectivity index (χ4v) is 4.81. The first-order valence-electron chi connectivity index (χ1n) is 9.42. The summed E-state index contributed by atoms with van der Waals surface area (Å²) in [6, 6.07) is 8.51. The molecule has 0 saturated carbocycles. The molecule has 0 radical (unpaired) electrons. The van der Waals surface area contributed by atoms with E-state index in [1.54, 1.807) is 35.1 Å². The predicted octanol–water partition coefficient (Wildman–Crippen LogP) is 4.02. The highest BCUT2D eigenvalue weighted by atomic mass is 32.1. The maximum atomic E-state index is 13.3. The first-order chi connectivity index (χ1) is 14.2. The van der Waals surface area contributed by atoms with Crippen molar-refractivity contribution in [1.29, 1.82) is 0 Å². The molecule has 0 spiro atoms. The molecule has 3 heterocycles. The van der Waals surface area contributed by atoms with E-state index in [2.05, 4.69) is 20.4 Å². The van der Waals surface area contributed by atoms with Crippen LogP contribution >= 0.6 is 11.3 Å². The normalized spacial score (nSPS) is 16.1. The standard InChI is InChI=1S/C20H19FN6OS/c1-28-10-14-9-17(27-20(24-14)22-11-23-27)25-15-3-2-4-16-18(15)26-19(29-16)12-5-7-13(21)8-6-12/h5-9,11,15,25H,2-4,10H2,1H3. The number of thiazole rings is 1. The van der Waals surface area contributed by atoms with Crippen LogP contribution in [0.1, 0.15) is 35.1 Å². The third-order valence-corrected chi connectivity index (χ3v) is 6.14. The summed E-state index contributed by atoms with van der Waals surface area (Å²) >= 11 is 1.68. The van der Waals surface area contributed by atoms with Crippen molar-refractivity contribution in [3.05, 3.63) is 58.7 Å². The molecule has 0 bridgehead atoms. The van der Waals surface area contributed by atoms with Crippen LogP contribution in [0.15, 0.2) is 36.7 Å². The van der Waals surface area contributed by atoms with Crippen LogP contribution in [-0.4, -0.2) is 31.7 Å². The third kappa shape index (κ3) is 3.47. The van der Waals surface area contributed by atoms with E-state index in [1.165, 1.54) is 23.3 Å². The number of benzene rings is 1. The first kappa shape index (κ1) is 18.1. The Balaban J connectivity index is 1.49. The summed E-state index contributed by atoms with van der Waals surface area (Å²) in [4.78, 5) is 14.8. The molecule has 0 fully saturated rings. The number of hydrogen-bond donors (Lipinski definition) is 1. The van der Waals surface area contributed by atoms with Gasteiger partial charge in [0.25, 0.3) is 5.78 Å². The lowest BCUT2D eigenvalue weighted by atomic mass is 9.97. The molecule has 1 aliphatic carbocycles. The molecule has 1 aliphatic rings. The fourth-order valence-electron chi connectivity index (χ4n) is 3.64. The minimum absolute atomic E-state index is 0.0643. The summed E-state index contributed by atoms with van der Waals surface area (Å²) in [5, 5.41) is 8.80. The number of nitrogens with one attached hydrogen (secondary N) is 1. The molecule has 0 saturated heterocycles. The second-order valence-corrected chi connectivity index (χ2v) is 8.04. The zero-order valence-corrected chi connectivity index (χ0v) is 16.6. The lowest BCUT2D eigenvalue weighted by molar-refractivity contribution is 0.181. The van der Waals surface area contributed by atoms with Crippen molar-refractivity contribution in [3.8, 4) is 10.6 Å². The highest BCUT2D eigenvalue weighted by Crippen LogP contribution is 2.38. The smallest absolute Gasteiger partial charge is 0.254 e. The van der Waals surface area contributed by atoms with Gasteiger partial charge in [0.2, 0.25) is 0 Å². The number of nitrogens with zero attached hydrogens (tertiary/aromatic N) is 5. The topological polar surface area (TPSA) is 77.2 Å². The van der Waals surface area contributed by atoms with Gasteiger partial charge in [0, 0.05) is 23.6 Å². The Morgan fingerprint density at radius 1 is 1.28 bits per heavy atom. The van der Waals surface area contributed by atoms with Crippen LogP contribution in [0.3, 0.4) is 0 Å². The molecule has 5 rings (SSSR count). The second kappa shape index (κ2) is 7.49. The Labute approximate surface area is 170 Å². The van der Waals surface area contributed by atoms with Gasteiger partial charge in [-0.3, -0.25) is 0 Å². The van der Waals surface area contributed by atoms with Crippen molar-refractivity contribution >= 4 is 22.9 Å². The Hall–Kier alpha value is -2.91. The molecule has 148 valence electrons. The predicted molar refractivity (Wildman–Crippen MR) is 108 cm³/mol. The van der Waals surface area contributed by atoms with Crippen LogP contribution in [0.4, 0.5) is 10.2 Å². The van der Waals surface area contributed by atoms with Crippen molar-refractivity contribution in [2.45, 2.75) is 31.9 Å². The van der Waals surface area contributed by atoms with Gasteiger partial charge in [-0.2, -0.15) is 14.6 Å².